The summed E-state index contributed by atoms with van der Waals surface area (Å²) >= 11 is 5.90. The molecule has 0 radical (unpaired) electrons. The lowest BCUT2D eigenvalue weighted by molar-refractivity contribution is -0.135. The van der Waals surface area contributed by atoms with Crippen molar-refractivity contribution in [1.29, 1.82) is 0 Å². The lowest BCUT2D eigenvalue weighted by atomic mass is 10.2. The lowest BCUT2D eigenvalue weighted by Gasteiger charge is -2.07. The van der Waals surface area contributed by atoms with E-state index in [1.807, 2.05) is 6.92 Å². The van der Waals surface area contributed by atoms with E-state index in [9.17, 15) is 18.0 Å². The number of aryl methyl sites for hydroxylation is 2. The van der Waals surface area contributed by atoms with Gasteiger partial charge in [0.15, 0.2) is 11.2 Å². The minimum Gasteiger partial charge on any atom is -0.309 e. The van der Waals surface area contributed by atoms with Gasteiger partial charge in [0, 0.05) is 30.0 Å². The molecule has 0 bridgehead atoms. The molecule has 138 valence electrons. The predicted octanol–water partition coefficient (Wildman–Crippen LogP) is 4.34. The van der Waals surface area contributed by atoms with Crippen LogP contribution in [0, 0.1) is 0 Å². The standard InChI is InChI=1S/C17H16ClF3N4O/c1-2-25-14(10-5-7-11(18)8-6-10)24-13-15(25)22-12(23-16(13)26)4-3-9-17(19,20)21/h5-8H,2-4,9H2,1H3,(H,22,23,26). The highest BCUT2D eigenvalue weighted by Crippen LogP contribution is 2.25. The van der Waals surface area contributed by atoms with Crippen molar-refractivity contribution in [3.63, 3.8) is 0 Å². The topological polar surface area (TPSA) is 63.6 Å². The van der Waals surface area contributed by atoms with Crippen molar-refractivity contribution in [3.05, 3.63) is 45.5 Å². The molecule has 2 heterocycles. The van der Waals surface area contributed by atoms with Crippen molar-refractivity contribution in [3.8, 4) is 11.4 Å². The van der Waals surface area contributed by atoms with Gasteiger partial charge in [-0.3, -0.25) is 4.79 Å². The maximum absolute atomic E-state index is 12.3. The van der Waals surface area contributed by atoms with E-state index in [0.717, 1.165) is 5.56 Å². The van der Waals surface area contributed by atoms with Gasteiger partial charge in [-0.2, -0.15) is 13.2 Å². The number of hydrogen-bond acceptors (Lipinski definition) is 3. The van der Waals surface area contributed by atoms with Gasteiger partial charge in [-0.05, 0) is 37.6 Å². The van der Waals surface area contributed by atoms with Crippen molar-refractivity contribution in [2.45, 2.75) is 38.9 Å². The van der Waals surface area contributed by atoms with E-state index >= 15 is 0 Å². The summed E-state index contributed by atoms with van der Waals surface area (Å²) in [6.07, 6.45) is -5.24. The Labute approximate surface area is 151 Å². The number of benzene rings is 1. The fraction of sp³-hybridized carbons (Fsp3) is 0.353. The van der Waals surface area contributed by atoms with Crippen LogP contribution in [-0.2, 0) is 13.0 Å². The molecule has 0 saturated carbocycles. The Bertz CT molecular complexity index is 977. The molecule has 3 rings (SSSR count). The van der Waals surface area contributed by atoms with Gasteiger partial charge in [0.05, 0.1) is 0 Å². The maximum atomic E-state index is 12.3. The number of aromatic nitrogens is 4. The van der Waals surface area contributed by atoms with E-state index in [-0.39, 0.29) is 24.2 Å². The molecule has 5 nitrogen and oxygen atoms in total. The van der Waals surface area contributed by atoms with E-state index < -0.39 is 18.2 Å². The predicted molar refractivity (Wildman–Crippen MR) is 93.3 cm³/mol. The Hall–Kier alpha value is -2.35. The third-order valence-electron chi connectivity index (χ3n) is 3.95. The molecule has 0 unspecified atom stereocenters. The van der Waals surface area contributed by atoms with E-state index in [1.54, 1.807) is 28.8 Å². The molecule has 0 aliphatic rings. The van der Waals surface area contributed by atoms with Crippen molar-refractivity contribution in [1.82, 2.24) is 19.5 Å². The molecule has 0 spiro atoms. The second-order valence-electron chi connectivity index (χ2n) is 5.84. The summed E-state index contributed by atoms with van der Waals surface area (Å²) in [5, 5.41) is 0.579. The van der Waals surface area contributed by atoms with Crippen LogP contribution in [0.2, 0.25) is 5.02 Å². The molecule has 0 saturated heterocycles. The highest BCUT2D eigenvalue weighted by Gasteiger charge is 2.26. The van der Waals surface area contributed by atoms with Crippen LogP contribution in [0.15, 0.2) is 29.1 Å². The Morgan fingerprint density at radius 1 is 1.19 bits per heavy atom. The molecular formula is C17H16ClF3N4O. The first-order valence-electron chi connectivity index (χ1n) is 8.10. The van der Waals surface area contributed by atoms with Crippen LogP contribution in [0.1, 0.15) is 25.6 Å². The minimum atomic E-state index is -4.22. The first-order valence-corrected chi connectivity index (χ1v) is 8.48. The first-order chi connectivity index (χ1) is 12.3. The quantitative estimate of drug-likeness (QED) is 0.711. The number of halogens is 4. The number of fused-ring (bicyclic) bond motifs is 1. The summed E-state index contributed by atoms with van der Waals surface area (Å²) < 4.78 is 38.7. The van der Waals surface area contributed by atoms with Crippen LogP contribution < -0.4 is 5.56 Å². The molecule has 0 aliphatic carbocycles. The molecule has 26 heavy (non-hydrogen) atoms. The third-order valence-corrected chi connectivity index (χ3v) is 4.20. The Morgan fingerprint density at radius 2 is 1.88 bits per heavy atom. The lowest BCUT2D eigenvalue weighted by Crippen LogP contribution is -2.14. The summed E-state index contributed by atoms with van der Waals surface area (Å²) in [6.45, 7) is 2.39. The van der Waals surface area contributed by atoms with Gasteiger partial charge in [-0.1, -0.05) is 11.6 Å². The zero-order valence-corrected chi connectivity index (χ0v) is 14.7. The molecular weight excluding hydrogens is 369 g/mol. The summed E-state index contributed by atoms with van der Waals surface area (Å²) in [5.74, 6) is 0.786. The van der Waals surface area contributed by atoms with Crippen LogP contribution >= 0.6 is 11.6 Å². The Balaban J connectivity index is 2.01. The molecule has 0 fully saturated rings. The number of imidazole rings is 1. The van der Waals surface area contributed by atoms with Gasteiger partial charge in [0.1, 0.15) is 11.6 Å². The zero-order valence-electron chi connectivity index (χ0n) is 13.9. The molecule has 0 amide bonds. The van der Waals surface area contributed by atoms with E-state index in [1.165, 1.54) is 0 Å². The normalized spacial score (nSPS) is 12.0. The number of rotatable bonds is 5. The van der Waals surface area contributed by atoms with Gasteiger partial charge in [-0.25, -0.2) is 9.97 Å². The van der Waals surface area contributed by atoms with E-state index in [2.05, 4.69) is 15.0 Å². The second kappa shape index (κ2) is 7.11. The summed E-state index contributed by atoms with van der Waals surface area (Å²) in [4.78, 5) is 23.6. The molecule has 0 aliphatic heterocycles. The van der Waals surface area contributed by atoms with Gasteiger partial charge < -0.3 is 9.55 Å². The average Bonchev–Trinajstić information content (AvgIpc) is 2.93. The molecule has 0 atom stereocenters. The van der Waals surface area contributed by atoms with Crippen LogP contribution in [0.4, 0.5) is 13.2 Å². The number of aromatic amines is 1. The molecule has 2 aromatic heterocycles. The monoisotopic (exact) mass is 384 g/mol. The summed E-state index contributed by atoms with van der Waals surface area (Å²) in [5.41, 5.74) is 0.839. The molecule has 9 heteroatoms. The molecule has 1 N–H and O–H groups in total. The first kappa shape index (κ1) is 18.4. The number of nitrogens with zero attached hydrogens (tertiary/aromatic N) is 3. The van der Waals surface area contributed by atoms with Gasteiger partial charge in [0.25, 0.3) is 5.56 Å². The number of H-pyrrole nitrogens is 1. The summed E-state index contributed by atoms with van der Waals surface area (Å²) in [6, 6.07) is 7.01. The third kappa shape index (κ3) is 3.90. The SMILES string of the molecule is CCn1c(-c2ccc(Cl)cc2)nc2c(=O)[nH]c(CCCC(F)(F)F)nc21. The van der Waals surface area contributed by atoms with Crippen molar-refractivity contribution >= 4 is 22.8 Å². The fourth-order valence-electron chi connectivity index (χ4n) is 2.75. The van der Waals surface area contributed by atoms with Crippen molar-refractivity contribution in [2.75, 3.05) is 0 Å². The van der Waals surface area contributed by atoms with Crippen LogP contribution in [-0.4, -0.2) is 25.7 Å². The molecule has 1 aromatic carbocycles. The average molecular weight is 385 g/mol. The highest BCUT2D eigenvalue weighted by molar-refractivity contribution is 6.30. The maximum Gasteiger partial charge on any atom is 0.389 e. The smallest absolute Gasteiger partial charge is 0.309 e. The van der Waals surface area contributed by atoms with Gasteiger partial charge in [0.2, 0.25) is 0 Å². The minimum absolute atomic E-state index is 0.0376. The van der Waals surface area contributed by atoms with Crippen molar-refractivity contribution < 1.29 is 13.2 Å². The molecule has 3 aromatic rings. The van der Waals surface area contributed by atoms with Crippen molar-refractivity contribution in [2.24, 2.45) is 0 Å². The largest absolute Gasteiger partial charge is 0.389 e. The number of hydrogen-bond donors (Lipinski definition) is 1. The van der Waals surface area contributed by atoms with Crippen LogP contribution in [0.25, 0.3) is 22.6 Å². The van der Waals surface area contributed by atoms with Gasteiger partial charge in [-0.15, -0.1) is 0 Å². The van der Waals surface area contributed by atoms with Gasteiger partial charge >= 0.3 is 6.18 Å². The Kier molecular flexibility index (Phi) is 5.04. The Morgan fingerprint density at radius 3 is 2.50 bits per heavy atom. The number of alkyl halides is 3. The fourth-order valence-corrected chi connectivity index (χ4v) is 2.88. The zero-order chi connectivity index (χ0) is 18.9. The van der Waals surface area contributed by atoms with E-state index in [0.29, 0.717) is 23.0 Å². The summed E-state index contributed by atoms with van der Waals surface area (Å²) in [7, 11) is 0. The highest BCUT2D eigenvalue weighted by atomic mass is 35.5. The number of nitrogens with one attached hydrogen (secondary N) is 1. The van der Waals surface area contributed by atoms with Crippen LogP contribution in [0.5, 0.6) is 0 Å². The van der Waals surface area contributed by atoms with Crippen LogP contribution in [0.3, 0.4) is 0 Å². The second-order valence-corrected chi connectivity index (χ2v) is 6.28. The van der Waals surface area contributed by atoms with E-state index in [4.69, 9.17) is 11.6 Å².